The predicted molar refractivity (Wildman–Crippen MR) is 90.7 cm³/mol. The van der Waals surface area contributed by atoms with Gasteiger partial charge in [-0.25, -0.2) is 0 Å². The summed E-state index contributed by atoms with van der Waals surface area (Å²) in [5.74, 6) is -1.14. The van der Waals surface area contributed by atoms with Crippen molar-refractivity contribution < 1.29 is 14.7 Å². The van der Waals surface area contributed by atoms with Crippen molar-refractivity contribution in [1.82, 2.24) is 0 Å². The van der Waals surface area contributed by atoms with Gasteiger partial charge in [0.15, 0.2) is 0 Å². The second kappa shape index (κ2) is 6.87. The molecule has 1 atom stereocenters. The number of aliphatic carboxylic acids is 1. The van der Waals surface area contributed by atoms with E-state index in [1.165, 1.54) is 10.5 Å². The van der Waals surface area contributed by atoms with Crippen molar-refractivity contribution in [2.45, 2.75) is 23.0 Å². The van der Waals surface area contributed by atoms with E-state index >= 15 is 0 Å². The second-order valence-corrected chi connectivity index (χ2v) is 6.64. The van der Waals surface area contributed by atoms with Crippen molar-refractivity contribution in [3.05, 3.63) is 60.2 Å². The number of anilines is 1. The number of amides is 1. The number of carbonyl (C=O) groups excluding carboxylic acids is 1. The molecule has 0 bridgehead atoms. The molecule has 4 nitrogen and oxygen atoms in total. The largest absolute Gasteiger partial charge is 0.480 e. The average molecular weight is 327 g/mol. The lowest BCUT2D eigenvalue weighted by molar-refractivity contribution is -0.136. The summed E-state index contributed by atoms with van der Waals surface area (Å²) in [5, 5.41) is 9.29. The van der Waals surface area contributed by atoms with Gasteiger partial charge >= 0.3 is 5.97 Å². The fourth-order valence-corrected chi connectivity index (χ4v) is 4.02. The number of hydrogen-bond acceptors (Lipinski definition) is 3. The van der Waals surface area contributed by atoms with Gasteiger partial charge in [-0.1, -0.05) is 42.5 Å². The first-order valence-corrected chi connectivity index (χ1v) is 8.36. The van der Waals surface area contributed by atoms with Crippen LogP contribution >= 0.6 is 11.8 Å². The highest BCUT2D eigenvalue weighted by Crippen LogP contribution is 2.44. The molecule has 1 N–H and O–H groups in total. The normalized spacial score (nSPS) is 18.0. The molecule has 118 valence electrons. The summed E-state index contributed by atoms with van der Waals surface area (Å²) >= 11 is 1.69. The summed E-state index contributed by atoms with van der Waals surface area (Å²) in [6, 6.07) is 17.6. The Morgan fingerprint density at radius 3 is 2.57 bits per heavy atom. The summed E-state index contributed by atoms with van der Waals surface area (Å²) in [6.07, 6.45) is 1.03. The van der Waals surface area contributed by atoms with Crippen LogP contribution in [0.15, 0.2) is 59.5 Å². The van der Waals surface area contributed by atoms with E-state index in [2.05, 4.69) is 12.1 Å². The van der Waals surface area contributed by atoms with Crippen molar-refractivity contribution >= 4 is 29.3 Å². The molecule has 3 rings (SSSR count). The maximum Gasteiger partial charge on any atom is 0.323 e. The van der Waals surface area contributed by atoms with E-state index in [1.54, 1.807) is 11.8 Å². The number of carboxylic acids is 1. The smallest absolute Gasteiger partial charge is 0.323 e. The lowest BCUT2D eigenvalue weighted by Crippen LogP contribution is -2.36. The number of fused-ring (bicyclic) bond motifs is 1. The van der Waals surface area contributed by atoms with Crippen molar-refractivity contribution in [1.29, 1.82) is 0 Å². The van der Waals surface area contributed by atoms with Crippen LogP contribution in [0.5, 0.6) is 0 Å². The summed E-state index contributed by atoms with van der Waals surface area (Å²) < 4.78 is 0. The van der Waals surface area contributed by atoms with E-state index in [9.17, 15) is 9.59 Å². The molecule has 0 saturated carbocycles. The van der Waals surface area contributed by atoms with E-state index in [1.807, 2.05) is 42.5 Å². The Labute approximate surface area is 139 Å². The standard InChI is InChI=1S/C18H17NO3S/c20-17-11-10-15(13-6-2-1-3-7-13)23-16-9-5-4-8-14(16)19(17)12-18(21)22/h1-9,15H,10-12H2,(H,21,22). The summed E-state index contributed by atoms with van der Waals surface area (Å²) in [7, 11) is 0. The molecule has 2 aromatic rings. The molecule has 1 heterocycles. The van der Waals surface area contributed by atoms with Crippen LogP contribution in [-0.4, -0.2) is 23.5 Å². The Bertz CT molecular complexity index is 717. The fourth-order valence-electron chi connectivity index (χ4n) is 2.73. The van der Waals surface area contributed by atoms with E-state index in [-0.39, 0.29) is 17.7 Å². The van der Waals surface area contributed by atoms with Gasteiger partial charge in [-0.05, 0) is 24.1 Å². The first kappa shape index (κ1) is 15.6. The number of rotatable bonds is 3. The molecular weight excluding hydrogens is 310 g/mol. The third-order valence-electron chi connectivity index (χ3n) is 3.81. The number of carboxylic acid groups (broad SMARTS) is 1. The van der Waals surface area contributed by atoms with Crippen LogP contribution in [0.25, 0.3) is 0 Å². The predicted octanol–water partition coefficient (Wildman–Crippen LogP) is 3.73. The zero-order chi connectivity index (χ0) is 16.2. The molecule has 1 aliphatic rings. The van der Waals surface area contributed by atoms with E-state index in [0.717, 1.165) is 4.90 Å². The molecule has 0 aromatic heterocycles. The van der Waals surface area contributed by atoms with Gasteiger partial charge in [0.2, 0.25) is 5.91 Å². The number of para-hydroxylation sites is 1. The lowest BCUT2D eigenvalue weighted by atomic mass is 10.1. The van der Waals surface area contributed by atoms with Crippen LogP contribution in [-0.2, 0) is 9.59 Å². The van der Waals surface area contributed by atoms with Gasteiger partial charge in [0, 0.05) is 16.6 Å². The Morgan fingerprint density at radius 1 is 1.13 bits per heavy atom. The molecule has 0 aliphatic carbocycles. The van der Waals surface area contributed by atoms with Crippen molar-refractivity contribution in [3.8, 4) is 0 Å². The third kappa shape index (κ3) is 3.56. The molecule has 0 fully saturated rings. The van der Waals surface area contributed by atoms with Gasteiger partial charge in [0.05, 0.1) is 5.69 Å². The summed E-state index contributed by atoms with van der Waals surface area (Å²) in [4.78, 5) is 25.9. The molecule has 1 amide bonds. The Hall–Kier alpha value is -2.27. The highest BCUT2D eigenvalue weighted by atomic mass is 32.2. The first-order valence-electron chi connectivity index (χ1n) is 7.48. The van der Waals surface area contributed by atoms with Gasteiger partial charge in [0.25, 0.3) is 0 Å². The maximum absolute atomic E-state index is 12.5. The fraction of sp³-hybridized carbons (Fsp3) is 0.222. The maximum atomic E-state index is 12.5. The monoisotopic (exact) mass is 327 g/mol. The number of benzene rings is 2. The second-order valence-electron chi connectivity index (χ2n) is 5.40. The molecular formula is C18H17NO3S. The molecule has 1 unspecified atom stereocenters. The molecule has 0 saturated heterocycles. The minimum absolute atomic E-state index is 0.138. The van der Waals surface area contributed by atoms with Crippen molar-refractivity contribution in [2.24, 2.45) is 0 Å². The number of nitrogens with zero attached hydrogens (tertiary/aromatic N) is 1. The molecule has 23 heavy (non-hydrogen) atoms. The quantitative estimate of drug-likeness (QED) is 0.933. The van der Waals surface area contributed by atoms with Gasteiger partial charge < -0.3 is 10.0 Å². The Balaban J connectivity index is 1.98. The number of thioether (sulfide) groups is 1. The van der Waals surface area contributed by atoms with Crippen molar-refractivity contribution in [2.75, 3.05) is 11.4 Å². The average Bonchev–Trinajstić information content (AvgIpc) is 2.56. The molecule has 0 radical (unpaired) electrons. The summed E-state index contributed by atoms with van der Waals surface area (Å²) in [6.45, 7) is -0.299. The van der Waals surface area contributed by atoms with Gasteiger partial charge in [-0.3, -0.25) is 9.59 Å². The topological polar surface area (TPSA) is 57.6 Å². The summed E-state index contributed by atoms with van der Waals surface area (Å²) in [5.41, 5.74) is 1.87. The van der Waals surface area contributed by atoms with E-state index in [4.69, 9.17) is 5.11 Å². The molecule has 0 spiro atoms. The molecule has 5 heteroatoms. The zero-order valence-corrected chi connectivity index (χ0v) is 13.3. The van der Waals surface area contributed by atoms with E-state index < -0.39 is 5.97 Å². The highest BCUT2D eigenvalue weighted by molar-refractivity contribution is 7.99. The minimum atomic E-state index is -1.00. The SMILES string of the molecule is O=C(O)CN1C(=O)CCC(c2ccccc2)Sc2ccccc21. The van der Waals surface area contributed by atoms with Gasteiger partial charge in [-0.2, -0.15) is 0 Å². The molecule has 2 aromatic carbocycles. The Kier molecular flexibility index (Phi) is 4.67. The first-order chi connectivity index (χ1) is 11.1. The van der Waals surface area contributed by atoms with Gasteiger partial charge in [-0.15, -0.1) is 11.8 Å². The Morgan fingerprint density at radius 2 is 1.83 bits per heavy atom. The van der Waals surface area contributed by atoms with Crippen LogP contribution in [0.1, 0.15) is 23.7 Å². The number of hydrogen-bond donors (Lipinski definition) is 1. The lowest BCUT2D eigenvalue weighted by Gasteiger charge is -2.28. The van der Waals surface area contributed by atoms with Crippen LogP contribution in [0.4, 0.5) is 5.69 Å². The van der Waals surface area contributed by atoms with Crippen LogP contribution < -0.4 is 4.90 Å². The van der Waals surface area contributed by atoms with Crippen LogP contribution in [0, 0.1) is 0 Å². The number of carbonyl (C=O) groups is 2. The molecule has 1 aliphatic heterocycles. The minimum Gasteiger partial charge on any atom is -0.480 e. The highest BCUT2D eigenvalue weighted by Gasteiger charge is 2.27. The van der Waals surface area contributed by atoms with Crippen molar-refractivity contribution in [3.63, 3.8) is 0 Å². The van der Waals surface area contributed by atoms with Crippen LogP contribution in [0.2, 0.25) is 0 Å². The van der Waals surface area contributed by atoms with Crippen LogP contribution in [0.3, 0.4) is 0 Å². The third-order valence-corrected chi connectivity index (χ3v) is 5.20. The van der Waals surface area contributed by atoms with E-state index in [0.29, 0.717) is 18.5 Å². The zero-order valence-electron chi connectivity index (χ0n) is 12.5. The van der Waals surface area contributed by atoms with Gasteiger partial charge in [0.1, 0.15) is 6.54 Å².